The number of carbonyl (C=O) groups excluding carboxylic acids is 1. The van der Waals surface area contributed by atoms with Crippen LogP contribution in [0.4, 0.5) is 0 Å². The first-order chi connectivity index (χ1) is 5.04. The van der Waals surface area contributed by atoms with E-state index in [2.05, 4.69) is 0 Å². The molecule has 0 bridgehead atoms. The van der Waals surface area contributed by atoms with Gasteiger partial charge in [0.25, 0.3) is 0 Å². The monoisotopic (exact) mass is 210 g/mol. The van der Waals surface area contributed by atoms with E-state index in [0.717, 1.165) is 0 Å². The molecule has 0 aliphatic carbocycles. The van der Waals surface area contributed by atoms with Crippen molar-refractivity contribution in [1.29, 1.82) is 0 Å². The van der Waals surface area contributed by atoms with Gasteiger partial charge in [-0.05, 0) is 13.8 Å². The van der Waals surface area contributed by atoms with Gasteiger partial charge >= 0.3 is 0 Å². The molecule has 0 amide bonds. The van der Waals surface area contributed by atoms with Gasteiger partial charge in [-0.3, -0.25) is 4.79 Å². The fourth-order valence-corrected chi connectivity index (χ4v) is 0.294. The van der Waals surface area contributed by atoms with Crippen LogP contribution in [-0.2, 0) is 26.5 Å². The van der Waals surface area contributed by atoms with Crippen molar-refractivity contribution in [3.63, 3.8) is 0 Å². The van der Waals surface area contributed by atoms with Crippen LogP contribution in [-0.4, -0.2) is 34.3 Å². The van der Waals surface area contributed by atoms with Crippen LogP contribution < -0.4 is 0 Å². The Hall–Kier alpha value is -0.156. The molecule has 12 heavy (non-hydrogen) atoms. The molecule has 4 nitrogen and oxygen atoms in total. The molecule has 0 atom stereocenters. The van der Waals surface area contributed by atoms with Gasteiger partial charge in [0.1, 0.15) is 0 Å². The molecule has 0 heterocycles. The summed E-state index contributed by atoms with van der Waals surface area (Å²) in [4.78, 5) is 10.0. The van der Waals surface area contributed by atoms with Crippen molar-refractivity contribution >= 4 is 5.78 Å². The standard InChI is InChI=1S/C5H8O2.C2H6O2.Ti/c1-4(6)3-5(2)7;3-1-2-4;/h3,6H,1-2H3;3-4H,1-2H2;/b4-3-;;. The third-order valence-corrected chi connectivity index (χ3v) is 0.512. The Kier molecular flexibility index (Phi) is 19.9. The summed E-state index contributed by atoms with van der Waals surface area (Å²) in [5.74, 6) is -0.0625. The Bertz CT molecular complexity index is 127. The van der Waals surface area contributed by atoms with E-state index in [0.29, 0.717) is 0 Å². The number of carbonyl (C=O) groups is 1. The van der Waals surface area contributed by atoms with Gasteiger partial charge < -0.3 is 15.3 Å². The second kappa shape index (κ2) is 13.4. The predicted octanol–water partition coefficient (Wildman–Crippen LogP) is 0.00570. The molecule has 5 heteroatoms. The van der Waals surface area contributed by atoms with E-state index >= 15 is 0 Å². The van der Waals surface area contributed by atoms with E-state index in [4.69, 9.17) is 15.3 Å². The van der Waals surface area contributed by atoms with Gasteiger partial charge in [-0.25, -0.2) is 0 Å². The number of hydrogen-bond donors (Lipinski definition) is 3. The van der Waals surface area contributed by atoms with Gasteiger partial charge in [0.05, 0.1) is 19.0 Å². The Labute approximate surface area is 86.8 Å². The Balaban J connectivity index is -0.000000142. The molecule has 0 aromatic rings. The second-order valence-corrected chi connectivity index (χ2v) is 1.84. The van der Waals surface area contributed by atoms with Gasteiger partial charge in [0, 0.05) is 27.8 Å². The molecule has 70 valence electrons. The molecule has 0 spiro atoms. The largest absolute Gasteiger partial charge is 0.512 e. The molecule has 0 aromatic heterocycles. The second-order valence-electron chi connectivity index (χ2n) is 1.84. The number of rotatable bonds is 2. The molecular formula is C7H14O4Ti. The fourth-order valence-electron chi connectivity index (χ4n) is 0.294. The fraction of sp³-hybridized carbons (Fsp3) is 0.571. The minimum atomic E-state index is -0.125. The van der Waals surface area contributed by atoms with Crippen molar-refractivity contribution in [2.75, 3.05) is 13.2 Å². The molecule has 0 aliphatic rings. The molecule has 0 aliphatic heterocycles. The van der Waals surface area contributed by atoms with Crippen LogP contribution >= 0.6 is 0 Å². The summed E-state index contributed by atoms with van der Waals surface area (Å²) in [5, 5.41) is 23.6. The molecule has 0 aromatic carbocycles. The number of ketones is 1. The van der Waals surface area contributed by atoms with Crippen molar-refractivity contribution in [1.82, 2.24) is 0 Å². The van der Waals surface area contributed by atoms with Crippen LogP contribution in [0.15, 0.2) is 11.8 Å². The molecule has 0 rings (SSSR count). The molecule has 0 fully saturated rings. The van der Waals surface area contributed by atoms with Crippen LogP contribution in [0, 0.1) is 0 Å². The summed E-state index contributed by atoms with van der Waals surface area (Å²) in [7, 11) is 0. The van der Waals surface area contributed by atoms with Crippen LogP contribution in [0.1, 0.15) is 13.8 Å². The van der Waals surface area contributed by atoms with Gasteiger partial charge in [-0.1, -0.05) is 0 Å². The summed E-state index contributed by atoms with van der Waals surface area (Å²) in [6.45, 7) is 2.60. The third-order valence-electron chi connectivity index (χ3n) is 0.512. The molecule has 3 N–H and O–H groups in total. The molecule has 0 saturated heterocycles. The average molecular weight is 210 g/mol. The first-order valence-corrected chi connectivity index (χ1v) is 3.14. The number of hydrogen-bond acceptors (Lipinski definition) is 4. The number of allylic oxidation sites excluding steroid dienone is 2. The zero-order valence-corrected chi connectivity index (χ0v) is 8.80. The van der Waals surface area contributed by atoms with Crippen molar-refractivity contribution in [3.05, 3.63) is 11.8 Å². The zero-order valence-electron chi connectivity index (χ0n) is 7.24. The first kappa shape index (κ1) is 17.8. The van der Waals surface area contributed by atoms with E-state index in [1.165, 1.54) is 19.9 Å². The van der Waals surface area contributed by atoms with Crippen molar-refractivity contribution in [2.45, 2.75) is 13.8 Å². The quantitative estimate of drug-likeness (QED) is 0.340. The van der Waals surface area contributed by atoms with Crippen molar-refractivity contribution in [2.24, 2.45) is 0 Å². The van der Waals surface area contributed by atoms with E-state index < -0.39 is 0 Å². The van der Waals surface area contributed by atoms with Crippen molar-refractivity contribution < 1.29 is 41.8 Å². The summed E-state index contributed by atoms with van der Waals surface area (Å²) >= 11 is 0. The maximum Gasteiger partial charge on any atom is 0.155 e. The smallest absolute Gasteiger partial charge is 0.155 e. The van der Waals surface area contributed by atoms with Gasteiger partial charge in [-0.15, -0.1) is 0 Å². The van der Waals surface area contributed by atoms with Gasteiger partial charge in [0.15, 0.2) is 5.78 Å². The average Bonchev–Trinajstić information content (AvgIpc) is 1.85. The first-order valence-electron chi connectivity index (χ1n) is 3.14. The molecule has 0 saturated carbocycles. The Morgan fingerprint density at radius 2 is 1.58 bits per heavy atom. The minimum Gasteiger partial charge on any atom is -0.512 e. The molecular weight excluding hydrogens is 196 g/mol. The van der Waals surface area contributed by atoms with E-state index in [9.17, 15) is 4.79 Å². The van der Waals surface area contributed by atoms with E-state index in [-0.39, 0.29) is 46.5 Å². The summed E-state index contributed by atoms with van der Waals surface area (Å²) in [6.07, 6.45) is 1.17. The maximum absolute atomic E-state index is 10.0. The minimum absolute atomic E-state index is 0. The van der Waals surface area contributed by atoms with Crippen LogP contribution in [0.25, 0.3) is 0 Å². The SMILES string of the molecule is CC(=O)/C=C(/C)O.OCCO.[Ti]. The molecule has 0 radical (unpaired) electrons. The Morgan fingerprint density at radius 3 is 1.58 bits per heavy atom. The topological polar surface area (TPSA) is 77.8 Å². The number of aliphatic hydroxyl groups is 3. The summed E-state index contributed by atoms with van der Waals surface area (Å²) in [6, 6.07) is 0. The van der Waals surface area contributed by atoms with Crippen LogP contribution in [0.5, 0.6) is 0 Å². The zero-order chi connectivity index (χ0) is 9.28. The molecule has 0 unspecified atom stereocenters. The van der Waals surface area contributed by atoms with Crippen LogP contribution in [0.3, 0.4) is 0 Å². The van der Waals surface area contributed by atoms with Crippen molar-refractivity contribution in [3.8, 4) is 0 Å². The predicted molar refractivity (Wildman–Crippen MR) is 41.2 cm³/mol. The van der Waals surface area contributed by atoms with Gasteiger partial charge in [0.2, 0.25) is 0 Å². The number of aliphatic hydroxyl groups excluding tert-OH is 3. The normalized spacial score (nSPS) is 9.17. The summed E-state index contributed by atoms with van der Waals surface area (Å²) < 4.78 is 0. The third kappa shape index (κ3) is 32.8. The van der Waals surface area contributed by atoms with Gasteiger partial charge in [-0.2, -0.15) is 0 Å². The summed E-state index contributed by atoms with van der Waals surface area (Å²) in [5.41, 5.74) is 0. The van der Waals surface area contributed by atoms with E-state index in [1.54, 1.807) is 0 Å². The Morgan fingerprint density at radius 1 is 1.25 bits per heavy atom. The maximum atomic E-state index is 10.0. The van der Waals surface area contributed by atoms with Crippen LogP contribution in [0.2, 0.25) is 0 Å². The van der Waals surface area contributed by atoms with E-state index in [1.807, 2.05) is 0 Å².